The molecule has 1 aliphatic rings. The molecule has 0 aliphatic carbocycles. The third-order valence-electron chi connectivity index (χ3n) is 5.51. The minimum Gasteiger partial charge on any atom is -0.327 e. The summed E-state index contributed by atoms with van der Waals surface area (Å²) in [5, 5.41) is 2.91. The molecule has 0 spiro atoms. The molecule has 3 aromatic rings. The Balaban J connectivity index is 1.57. The zero-order valence-corrected chi connectivity index (χ0v) is 16.8. The number of rotatable bonds is 6. The summed E-state index contributed by atoms with van der Waals surface area (Å²) in [6.07, 6.45) is 1.01. The van der Waals surface area contributed by atoms with Crippen molar-refractivity contribution in [2.45, 2.75) is 32.4 Å². The highest BCUT2D eigenvalue weighted by molar-refractivity contribution is 5.99. The Bertz CT molecular complexity index is 1060. The monoisotopic (exact) mass is 402 g/mol. The fraction of sp³-hybridized carbons (Fsp3) is 0.200. The predicted octanol–water partition coefficient (Wildman–Crippen LogP) is 5.11. The molecule has 0 fully saturated rings. The van der Waals surface area contributed by atoms with E-state index in [4.69, 9.17) is 0 Å². The summed E-state index contributed by atoms with van der Waals surface area (Å²) in [7, 11) is 0. The van der Waals surface area contributed by atoms with Crippen LogP contribution in [0.4, 0.5) is 10.1 Å². The highest BCUT2D eigenvalue weighted by Gasteiger charge is 2.34. The lowest BCUT2D eigenvalue weighted by Gasteiger charge is -2.28. The summed E-state index contributed by atoms with van der Waals surface area (Å²) in [5.74, 6) is -0.661. The first-order valence-corrected chi connectivity index (χ1v) is 10.1. The molecule has 0 saturated carbocycles. The van der Waals surface area contributed by atoms with Crippen LogP contribution >= 0.6 is 0 Å². The summed E-state index contributed by atoms with van der Waals surface area (Å²) in [6, 6.07) is 20.7. The summed E-state index contributed by atoms with van der Waals surface area (Å²) >= 11 is 0. The molecule has 4 nitrogen and oxygen atoms in total. The Morgan fingerprint density at radius 2 is 1.73 bits per heavy atom. The van der Waals surface area contributed by atoms with Crippen molar-refractivity contribution in [2.24, 2.45) is 0 Å². The lowest BCUT2D eigenvalue weighted by atomic mass is 10.0. The fourth-order valence-corrected chi connectivity index (χ4v) is 3.83. The van der Waals surface area contributed by atoms with Gasteiger partial charge in [-0.15, -0.1) is 0 Å². The minimum absolute atomic E-state index is 0.0842. The van der Waals surface area contributed by atoms with Crippen molar-refractivity contribution < 1.29 is 14.0 Å². The van der Waals surface area contributed by atoms with Gasteiger partial charge >= 0.3 is 0 Å². The Labute approximate surface area is 175 Å². The standard InChI is InChI=1S/C25H23FN2O2/c1-2-17-7-13-21(14-8-17)27-24(29)15-23(18-9-11-20(26)12-10-18)28-16-19-5-3-4-6-22(19)25(28)30/h3-14,23H,2,15-16H2,1H3,(H,27,29)/t23-/m0/s1. The maximum atomic E-state index is 13.5. The molecule has 2 amide bonds. The zero-order valence-electron chi connectivity index (χ0n) is 16.8. The molecule has 1 heterocycles. The Kier molecular flexibility index (Phi) is 5.61. The molecular formula is C25H23FN2O2. The van der Waals surface area contributed by atoms with Gasteiger partial charge in [0.15, 0.2) is 0 Å². The second-order valence-corrected chi connectivity index (χ2v) is 7.46. The van der Waals surface area contributed by atoms with Crippen LogP contribution in [0.2, 0.25) is 0 Å². The van der Waals surface area contributed by atoms with Crippen LogP contribution in [0, 0.1) is 5.82 Å². The number of nitrogens with one attached hydrogen (secondary N) is 1. The van der Waals surface area contributed by atoms with Crippen LogP contribution in [0.15, 0.2) is 72.8 Å². The number of aryl methyl sites for hydroxylation is 1. The average Bonchev–Trinajstić information content (AvgIpc) is 3.10. The quantitative estimate of drug-likeness (QED) is 0.623. The van der Waals surface area contributed by atoms with Crippen molar-refractivity contribution >= 4 is 17.5 Å². The van der Waals surface area contributed by atoms with E-state index in [1.165, 1.54) is 17.7 Å². The van der Waals surface area contributed by atoms with Crippen LogP contribution in [0.5, 0.6) is 0 Å². The summed E-state index contributed by atoms with van der Waals surface area (Å²) in [6.45, 7) is 2.50. The van der Waals surface area contributed by atoms with Crippen molar-refractivity contribution in [3.8, 4) is 0 Å². The van der Waals surface area contributed by atoms with E-state index in [1.54, 1.807) is 23.1 Å². The molecule has 0 bridgehead atoms. The number of hydrogen-bond donors (Lipinski definition) is 1. The van der Waals surface area contributed by atoms with Crippen LogP contribution in [0.3, 0.4) is 0 Å². The molecule has 1 atom stereocenters. The third kappa shape index (κ3) is 4.10. The number of carbonyl (C=O) groups excluding carboxylic acids is 2. The van der Waals surface area contributed by atoms with Crippen molar-refractivity contribution in [1.29, 1.82) is 0 Å². The molecule has 30 heavy (non-hydrogen) atoms. The molecule has 0 radical (unpaired) electrons. The summed E-state index contributed by atoms with van der Waals surface area (Å²) < 4.78 is 13.5. The Hall–Kier alpha value is -3.47. The number of fused-ring (bicyclic) bond motifs is 1. The van der Waals surface area contributed by atoms with Crippen molar-refractivity contribution in [2.75, 3.05) is 5.32 Å². The first kappa shape index (κ1) is 19.8. The average molecular weight is 402 g/mol. The van der Waals surface area contributed by atoms with Gasteiger partial charge in [-0.1, -0.05) is 49.4 Å². The molecule has 0 unspecified atom stereocenters. The fourth-order valence-electron chi connectivity index (χ4n) is 3.83. The number of amides is 2. The van der Waals surface area contributed by atoms with Gasteiger partial charge in [0.2, 0.25) is 5.91 Å². The first-order chi connectivity index (χ1) is 14.5. The molecule has 3 aromatic carbocycles. The van der Waals surface area contributed by atoms with E-state index in [1.807, 2.05) is 42.5 Å². The normalized spacial score (nSPS) is 13.8. The number of halogens is 1. The number of nitrogens with zero attached hydrogens (tertiary/aromatic N) is 1. The van der Waals surface area contributed by atoms with E-state index in [0.717, 1.165) is 17.5 Å². The summed E-state index contributed by atoms with van der Waals surface area (Å²) in [5.41, 5.74) is 4.23. The van der Waals surface area contributed by atoms with E-state index in [-0.39, 0.29) is 24.1 Å². The third-order valence-corrected chi connectivity index (χ3v) is 5.51. The van der Waals surface area contributed by atoms with Gasteiger partial charge < -0.3 is 10.2 Å². The highest BCUT2D eigenvalue weighted by atomic mass is 19.1. The zero-order chi connectivity index (χ0) is 21.1. The number of benzene rings is 3. The van der Waals surface area contributed by atoms with E-state index >= 15 is 0 Å². The molecule has 4 rings (SSSR count). The van der Waals surface area contributed by atoms with Gasteiger partial charge in [-0.05, 0) is 53.4 Å². The molecule has 0 saturated heterocycles. The van der Waals surface area contributed by atoms with Gasteiger partial charge in [-0.3, -0.25) is 9.59 Å². The molecule has 152 valence electrons. The predicted molar refractivity (Wildman–Crippen MR) is 115 cm³/mol. The first-order valence-electron chi connectivity index (χ1n) is 10.1. The van der Waals surface area contributed by atoms with E-state index in [9.17, 15) is 14.0 Å². The number of hydrogen-bond acceptors (Lipinski definition) is 2. The van der Waals surface area contributed by atoms with E-state index in [2.05, 4.69) is 12.2 Å². The van der Waals surface area contributed by atoms with Gasteiger partial charge in [0.1, 0.15) is 5.82 Å². The molecule has 0 aromatic heterocycles. The smallest absolute Gasteiger partial charge is 0.255 e. The number of anilines is 1. The Morgan fingerprint density at radius 1 is 1.03 bits per heavy atom. The van der Waals surface area contributed by atoms with E-state index < -0.39 is 6.04 Å². The SMILES string of the molecule is CCc1ccc(NC(=O)C[C@@H](c2ccc(F)cc2)N2Cc3ccccc3C2=O)cc1. The van der Waals surface area contributed by atoms with E-state index in [0.29, 0.717) is 17.8 Å². The van der Waals surface area contributed by atoms with Gasteiger partial charge in [0.05, 0.1) is 12.5 Å². The van der Waals surface area contributed by atoms with Crippen LogP contribution in [-0.4, -0.2) is 16.7 Å². The maximum Gasteiger partial charge on any atom is 0.255 e. The molecular weight excluding hydrogens is 379 g/mol. The topological polar surface area (TPSA) is 49.4 Å². The second-order valence-electron chi connectivity index (χ2n) is 7.46. The van der Waals surface area contributed by atoms with Crippen LogP contribution in [0.1, 0.15) is 46.4 Å². The lowest BCUT2D eigenvalue weighted by molar-refractivity contribution is -0.117. The molecule has 5 heteroatoms. The second kappa shape index (κ2) is 8.49. The van der Waals surface area contributed by atoms with Crippen molar-refractivity contribution in [1.82, 2.24) is 4.90 Å². The molecule has 1 N–H and O–H groups in total. The van der Waals surface area contributed by atoms with Gasteiger partial charge in [-0.2, -0.15) is 0 Å². The highest BCUT2D eigenvalue weighted by Crippen LogP contribution is 2.33. The van der Waals surface area contributed by atoms with Crippen molar-refractivity contribution in [3.63, 3.8) is 0 Å². The lowest BCUT2D eigenvalue weighted by Crippen LogP contribution is -2.32. The molecule has 1 aliphatic heterocycles. The summed E-state index contributed by atoms with van der Waals surface area (Å²) in [4.78, 5) is 27.5. The van der Waals surface area contributed by atoms with Gasteiger partial charge in [0, 0.05) is 17.8 Å². The van der Waals surface area contributed by atoms with Crippen LogP contribution in [-0.2, 0) is 17.8 Å². The maximum absolute atomic E-state index is 13.5. The largest absolute Gasteiger partial charge is 0.327 e. The van der Waals surface area contributed by atoms with Crippen LogP contribution in [0.25, 0.3) is 0 Å². The van der Waals surface area contributed by atoms with Gasteiger partial charge in [0.25, 0.3) is 5.91 Å². The Morgan fingerprint density at radius 3 is 2.40 bits per heavy atom. The van der Waals surface area contributed by atoms with Gasteiger partial charge in [-0.25, -0.2) is 4.39 Å². The van der Waals surface area contributed by atoms with Crippen molar-refractivity contribution in [3.05, 3.63) is 101 Å². The van der Waals surface area contributed by atoms with Crippen LogP contribution < -0.4 is 5.32 Å². The number of carbonyl (C=O) groups is 2. The minimum atomic E-state index is -0.486.